The van der Waals surface area contributed by atoms with Crippen molar-refractivity contribution in [2.75, 3.05) is 12.3 Å². The first-order valence-corrected chi connectivity index (χ1v) is 4.60. The van der Waals surface area contributed by atoms with Gasteiger partial charge in [-0.15, -0.1) is 0 Å². The molecule has 0 spiro atoms. The van der Waals surface area contributed by atoms with Gasteiger partial charge in [-0.3, -0.25) is 4.79 Å². The van der Waals surface area contributed by atoms with Crippen LogP contribution < -0.4 is 10.5 Å². The Balaban J connectivity index is 3.20. The first-order valence-electron chi connectivity index (χ1n) is 4.60. The quantitative estimate of drug-likeness (QED) is 0.591. The van der Waals surface area contributed by atoms with Crippen molar-refractivity contribution in [3.8, 4) is 5.75 Å². The monoisotopic (exact) mass is 193 g/mol. The predicted octanol–water partition coefficient (Wildman–Crippen LogP) is 2.18. The Hall–Kier alpha value is -1.51. The van der Waals surface area contributed by atoms with E-state index >= 15 is 0 Å². The Kier molecular flexibility index (Phi) is 3.12. The summed E-state index contributed by atoms with van der Waals surface area (Å²) >= 11 is 0. The molecule has 0 aliphatic carbocycles. The highest BCUT2D eigenvalue weighted by atomic mass is 16.5. The van der Waals surface area contributed by atoms with Crippen LogP contribution >= 0.6 is 0 Å². The van der Waals surface area contributed by atoms with E-state index in [0.29, 0.717) is 23.6 Å². The molecule has 0 aliphatic rings. The first kappa shape index (κ1) is 10.6. The topological polar surface area (TPSA) is 52.3 Å². The van der Waals surface area contributed by atoms with Gasteiger partial charge in [-0.1, -0.05) is 0 Å². The number of carbonyl (C=O) groups is 1. The molecule has 0 unspecified atom stereocenters. The summed E-state index contributed by atoms with van der Waals surface area (Å²) in [6, 6.07) is 3.47. The minimum Gasteiger partial charge on any atom is -0.492 e. The molecular formula is C11H15NO2. The summed E-state index contributed by atoms with van der Waals surface area (Å²) in [5, 5.41) is 0. The Morgan fingerprint density at radius 3 is 2.64 bits per heavy atom. The van der Waals surface area contributed by atoms with Crippen molar-refractivity contribution >= 4 is 11.5 Å². The molecule has 0 radical (unpaired) electrons. The summed E-state index contributed by atoms with van der Waals surface area (Å²) in [6.07, 6.45) is 0. The summed E-state index contributed by atoms with van der Waals surface area (Å²) in [4.78, 5) is 11.2. The molecule has 3 heteroatoms. The number of carbonyl (C=O) groups excluding carboxylic acids is 1. The van der Waals surface area contributed by atoms with Crippen LogP contribution in [0.2, 0.25) is 0 Å². The zero-order chi connectivity index (χ0) is 10.7. The average molecular weight is 193 g/mol. The van der Waals surface area contributed by atoms with E-state index in [9.17, 15) is 4.79 Å². The lowest BCUT2D eigenvalue weighted by molar-refractivity contribution is 0.101. The van der Waals surface area contributed by atoms with Crippen LogP contribution in [0.1, 0.15) is 29.8 Å². The van der Waals surface area contributed by atoms with Crippen molar-refractivity contribution in [2.45, 2.75) is 20.8 Å². The lowest BCUT2D eigenvalue weighted by Crippen LogP contribution is -2.02. The zero-order valence-electron chi connectivity index (χ0n) is 8.76. The number of Topliss-reactive ketones (excluding diaryl/α,β-unsaturated/α-hetero) is 1. The maximum atomic E-state index is 11.2. The van der Waals surface area contributed by atoms with Gasteiger partial charge in [0.25, 0.3) is 0 Å². The van der Waals surface area contributed by atoms with Crippen molar-refractivity contribution in [3.05, 3.63) is 23.3 Å². The first-order chi connectivity index (χ1) is 6.56. The number of rotatable bonds is 3. The standard InChI is InChI=1S/C11H15NO2/c1-4-14-11-6-9(8(3)13)7(2)5-10(11)12/h5-6H,4,12H2,1-3H3. The zero-order valence-corrected chi connectivity index (χ0v) is 8.76. The van der Waals surface area contributed by atoms with Crippen molar-refractivity contribution in [1.82, 2.24) is 0 Å². The number of nitrogens with two attached hydrogens (primary N) is 1. The van der Waals surface area contributed by atoms with Crippen LogP contribution in [0.15, 0.2) is 12.1 Å². The molecular weight excluding hydrogens is 178 g/mol. The second-order valence-corrected chi connectivity index (χ2v) is 3.19. The molecule has 2 N–H and O–H groups in total. The third-order valence-corrected chi connectivity index (χ3v) is 2.04. The summed E-state index contributed by atoms with van der Waals surface area (Å²) in [6.45, 7) is 5.83. The SMILES string of the molecule is CCOc1cc(C(C)=O)c(C)cc1N. The third-order valence-electron chi connectivity index (χ3n) is 2.04. The van der Waals surface area contributed by atoms with Gasteiger partial charge < -0.3 is 10.5 Å². The lowest BCUT2D eigenvalue weighted by Gasteiger charge is -2.10. The van der Waals surface area contributed by atoms with Crippen molar-refractivity contribution in [3.63, 3.8) is 0 Å². The molecule has 3 nitrogen and oxygen atoms in total. The van der Waals surface area contributed by atoms with Crippen LogP contribution in [0.3, 0.4) is 0 Å². The number of nitrogen functional groups attached to an aromatic ring is 1. The highest BCUT2D eigenvalue weighted by molar-refractivity contribution is 5.96. The lowest BCUT2D eigenvalue weighted by atomic mass is 10.0. The van der Waals surface area contributed by atoms with Crippen LogP contribution in [-0.4, -0.2) is 12.4 Å². The van der Waals surface area contributed by atoms with Crippen LogP contribution in [0, 0.1) is 6.92 Å². The molecule has 0 amide bonds. The minimum absolute atomic E-state index is 0.0310. The summed E-state index contributed by atoms with van der Waals surface area (Å²) in [5.74, 6) is 0.617. The van der Waals surface area contributed by atoms with E-state index in [0.717, 1.165) is 5.56 Å². The fourth-order valence-corrected chi connectivity index (χ4v) is 1.37. The predicted molar refractivity (Wildman–Crippen MR) is 56.8 cm³/mol. The molecule has 76 valence electrons. The Morgan fingerprint density at radius 2 is 2.14 bits per heavy atom. The van der Waals surface area contributed by atoms with Gasteiger partial charge in [0.1, 0.15) is 5.75 Å². The number of benzene rings is 1. The maximum Gasteiger partial charge on any atom is 0.160 e. The van der Waals surface area contributed by atoms with E-state index in [1.165, 1.54) is 6.92 Å². The molecule has 0 heterocycles. The van der Waals surface area contributed by atoms with E-state index in [1.807, 2.05) is 13.8 Å². The van der Waals surface area contributed by atoms with E-state index < -0.39 is 0 Å². The number of aryl methyl sites for hydroxylation is 1. The summed E-state index contributed by atoms with van der Waals surface area (Å²) < 4.78 is 5.31. The van der Waals surface area contributed by atoms with Crippen LogP contribution in [0.5, 0.6) is 5.75 Å². The fraction of sp³-hybridized carbons (Fsp3) is 0.364. The smallest absolute Gasteiger partial charge is 0.160 e. The van der Waals surface area contributed by atoms with E-state index in [1.54, 1.807) is 12.1 Å². The minimum atomic E-state index is 0.0310. The van der Waals surface area contributed by atoms with Gasteiger partial charge in [0, 0.05) is 5.56 Å². The largest absolute Gasteiger partial charge is 0.492 e. The Labute approximate surface area is 83.9 Å². The van der Waals surface area contributed by atoms with Crippen molar-refractivity contribution in [1.29, 1.82) is 0 Å². The second-order valence-electron chi connectivity index (χ2n) is 3.19. The molecule has 0 saturated heterocycles. The molecule has 0 aromatic heterocycles. The third kappa shape index (κ3) is 2.05. The van der Waals surface area contributed by atoms with Gasteiger partial charge in [-0.05, 0) is 38.5 Å². The number of ether oxygens (including phenoxy) is 1. The number of hydrogen-bond donors (Lipinski definition) is 1. The highest BCUT2D eigenvalue weighted by Crippen LogP contribution is 2.25. The molecule has 1 aromatic rings. The Bertz CT molecular complexity index is 359. The molecule has 1 aromatic carbocycles. The van der Waals surface area contributed by atoms with Gasteiger partial charge in [-0.25, -0.2) is 0 Å². The normalized spacial score (nSPS) is 9.93. The highest BCUT2D eigenvalue weighted by Gasteiger charge is 2.08. The number of anilines is 1. The molecule has 1 rings (SSSR count). The molecule has 0 bridgehead atoms. The van der Waals surface area contributed by atoms with E-state index in [2.05, 4.69) is 0 Å². The van der Waals surface area contributed by atoms with E-state index in [-0.39, 0.29) is 5.78 Å². The van der Waals surface area contributed by atoms with Gasteiger partial charge in [0.05, 0.1) is 12.3 Å². The van der Waals surface area contributed by atoms with Gasteiger partial charge in [0.2, 0.25) is 0 Å². The van der Waals surface area contributed by atoms with Gasteiger partial charge >= 0.3 is 0 Å². The average Bonchev–Trinajstić information content (AvgIpc) is 2.09. The van der Waals surface area contributed by atoms with Crippen LogP contribution in [-0.2, 0) is 0 Å². The van der Waals surface area contributed by atoms with E-state index in [4.69, 9.17) is 10.5 Å². The fourth-order valence-electron chi connectivity index (χ4n) is 1.37. The van der Waals surface area contributed by atoms with Gasteiger partial charge in [0.15, 0.2) is 5.78 Å². The van der Waals surface area contributed by atoms with Crippen molar-refractivity contribution in [2.24, 2.45) is 0 Å². The molecule has 0 aliphatic heterocycles. The van der Waals surface area contributed by atoms with Crippen LogP contribution in [0.4, 0.5) is 5.69 Å². The molecule has 0 atom stereocenters. The number of hydrogen-bond acceptors (Lipinski definition) is 3. The van der Waals surface area contributed by atoms with Crippen molar-refractivity contribution < 1.29 is 9.53 Å². The number of ketones is 1. The van der Waals surface area contributed by atoms with Gasteiger partial charge in [-0.2, -0.15) is 0 Å². The Morgan fingerprint density at radius 1 is 1.50 bits per heavy atom. The van der Waals surface area contributed by atoms with Crippen LogP contribution in [0.25, 0.3) is 0 Å². The summed E-state index contributed by atoms with van der Waals surface area (Å²) in [7, 11) is 0. The molecule has 0 saturated carbocycles. The molecule has 0 fully saturated rings. The molecule has 14 heavy (non-hydrogen) atoms. The summed E-state index contributed by atoms with van der Waals surface area (Å²) in [5.41, 5.74) is 7.87. The second kappa shape index (κ2) is 4.13. The maximum absolute atomic E-state index is 11.2.